The van der Waals surface area contributed by atoms with Crippen molar-refractivity contribution < 1.29 is 8.78 Å². The molecule has 0 aliphatic rings. The highest BCUT2D eigenvalue weighted by molar-refractivity contribution is 5.22. The zero-order chi connectivity index (χ0) is 12.4. The molecule has 0 unspecified atom stereocenters. The van der Waals surface area contributed by atoms with Crippen LogP contribution in [-0.4, -0.2) is 9.78 Å². The Kier molecular flexibility index (Phi) is 3.08. The minimum atomic E-state index is -2.65. The Bertz CT molecular complexity index is 572. The van der Waals surface area contributed by atoms with Gasteiger partial charge >= 0.3 is 0 Å². The summed E-state index contributed by atoms with van der Waals surface area (Å²) in [6, 6.07) is 8.50. The van der Waals surface area contributed by atoms with Gasteiger partial charge in [-0.3, -0.25) is 9.89 Å². The monoisotopic (exact) mass is 238 g/mol. The highest BCUT2D eigenvalue weighted by Gasteiger charge is 2.12. The molecular weight excluding hydrogens is 226 g/mol. The van der Waals surface area contributed by atoms with Gasteiger partial charge in [-0.15, -0.1) is 0 Å². The number of hydrogen-bond acceptors (Lipinski definition) is 1. The Morgan fingerprint density at radius 2 is 2.12 bits per heavy atom. The van der Waals surface area contributed by atoms with E-state index in [1.165, 1.54) is 4.68 Å². The van der Waals surface area contributed by atoms with Crippen molar-refractivity contribution in [2.45, 2.75) is 19.9 Å². The number of aromatic amines is 1. The maximum Gasteiger partial charge on any atom is 0.279 e. The lowest BCUT2D eigenvalue weighted by atomic mass is 10.1. The zero-order valence-electron chi connectivity index (χ0n) is 9.28. The number of H-pyrrole nitrogens is 1. The molecule has 0 atom stereocenters. The van der Waals surface area contributed by atoms with Crippen molar-refractivity contribution in [2.24, 2.45) is 0 Å². The third-order valence-corrected chi connectivity index (χ3v) is 2.47. The number of benzene rings is 1. The molecule has 3 nitrogen and oxygen atoms in total. The fourth-order valence-corrected chi connectivity index (χ4v) is 1.68. The summed E-state index contributed by atoms with van der Waals surface area (Å²) in [5.74, 6) is 0. The number of rotatable bonds is 3. The lowest BCUT2D eigenvalue weighted by Gasteiger charge is -2.03. The molecule has 5 heteroatoms. The van der Waals surface area contributed by atoms with Gasteiger partial charge in [0.05, 0.1) is 6.54 Å². The van der Waals surface area contributed by atoms with E-state index >= 15 is 0 Å². The van der Waals surface area contributed by atoms with Gasteiger partial charge in [0.2, 0.25) is 0 Å². The largest absolute Gasteiger partial charge is 0.294 e. The predicted molar refractivity (Wildman–Crippen MR) is 60.3 cm³/mol. The van der Waals surface area contributed by atoms with Crippen molar-refractivity contribution in [1.29, 1.82) is 0 Å². The molecule has 0 spiro atoms. The number of aromatic nitrogens is 2. The van der Waals surface area contributed by atoms with Crippen LogP contribution in [0.25, 0.3) is 0 Å². The molecule has 1 heterocycles. The quantitative estimate of drug-likeness (QED) is 0.876. The van der Waals surface area contributed by atoms with Gasteiger partial charge in [0.25, 0.3) is 12.0 Å². The number of aryl methyl sites for hydroxylation is 1. The Morgan fingerprint density at radius 1 is 1.35 bits per heavy atom. The Labute approximate surface area is 96.7 Å². The summed E-state index contributed by atoms with van der Waals surface area (Å²) < 4.78 is 25.9. The fourth-order valence-electron chi connectivity index (χ4n) is 1.68. The summed E-state index contributed by atoms with van der Waals surface area (Å²) in [7, 11) is 0. The molecule has 0 bridgehead atoms. The van der Waals surface area contributed by atoms with Crippen LogP contribution in [0.1, 0.15) is 23.2 Å². The molecule has 0 radical (unpaired) electrons. The normalized spacial score (nSPS) is 11.1. The van der Waals surface area contributed by atoms with E-state index < -0.39 is 12.0 Å². The van der Waals surface area contributed by atoms with Gasteiger partial charge < -0.3 is 0 Å². The second kappa shape index (κ2) is 4.53. The third kappa shape index (κ3) is 2.61. The van der Waals surface area contributed by atoms with Crippen molar-refractivity contribution in [3.05, 3.63) is 57.5 Å². The van der Waals surface area contributed by atoms with Crippen molar-refractivity contribution >= 4 is 0 Å². The summed E-state index contributed by atoms with van der Waals surface area (Å²) in [5.41, 5.74) is 1.18. The summed E-state index contributed by atoms with van der Waals surface area (Å²) in [5, 5.41) is 2.40. The average Bonchev–Trinajstić information content (AvgIpc) is 2.61. The first-order valence-electron chi connectivity index (χ1n) is 5.19. The van der Waals surface area contributed by atoms with E-state index in [9.17, 15) is 13.6 Å². The van der Waals surface area contributed by atoms with Crippen LogP contribution in [0.2, 0.25) is 0 Å². The van der Waals surface area contributed by atoms with Gasteiger partial charge in [0.1, 0.15) is 5.69 Å². The highest BCUT2D eigenvalue weighted by Crippen LogP contribution is 2.14. The smallest absolute Gasteiger partial charge is 0.279 e. The van der Waals surface area contributed by atoms with Crippen LogP contribution < -0.4 is 5.56 Å². The van der Waals surface area contributed by atoms with Crippen LogP contribution in [-0.2, 0) is 6.54 Å². The Balaban J connectivity index is 2.27. The number of nitrogens with one attached hydrogen (secondary N) is 1. The van der Waals surface area contributed by atoms with Gasteiger partial charge in [0.15, 0.2) is 0 Å². The van der Waals surface area contributed by atoms with Crippen molar-refractivity contribution in [2.75, 3.05) is 0 Å². The van der Waals surface area contributed by atoms with E-state index in [1.807, 2.05) is 31.2 Å². The molecule has 0 aliphatic carbocycles. The fraction of sp³-hybridized carbons (Fsp3) is 0.250. The first-order chi connectivity index (χ1) is 8.06. The van der Waals surface area contributed by atoms with Crippen LogP contribution in [0.5, 0.6) is 0 Å². The number of hydrogen-bond donors (Lipinski definition) is 1. The molecule has 1 N–H and O–H groups in total. The van der Waals surface area contributed by atoms with Crippen LogP contribution in [0.4, 0.5) is 8.78 Å². The number of nitrogens with zero attached hydrogens (tertiary/aromatic N) is 1. The first-order valence-corrected chi connectivity index (χ1v) is 5.19. The Hall–Kier alpha value is -1.91. The van der Waals surface area contributed by atoms with Crippen molar-refractivity contribution in [3.63, 3.8) is 0 Å². The standard InChI is InChI=1S/C12H12F2N2O/c1-8-3-2-4-9(5-8)7-16-11(17)6-10(15-16)12(13)14/h2-6,12,15H,7H2,1H3. The van der Waals surface area contributed by atoms with Gasteiger partial charge in [-0.05, 0) is 12.5 Å². The van der Waals surface area contributed by atoms with Gasteiger partial charge in [-0.1, -0.05) is 29.8 Å². The molecule has 0 amide bonds. The third-order valence-electron chi connectivity index (χ3n) is 2.47. The van der Waals surface area contributed by atoms with E-state index in [0.29, 0.717) is 0 Å². The average molecular weight is 238 g/mol. The Morgan fingerprint density at radius 3 is 2.71 bits per heavy atom. The minimum Gasteiger partial charge on any atom is -0.294 e. The lowest BCUT2D eigenvalue weighted by molar-refractivity contribution is 0.145. The molecule has 1 aromatic heterocycles. The van der Waals surface area contributed by atoms with Crippen LogP contribution in [0.15, 0.2) is 35.1 Å². The summed E-state index contributed by atoms with van der Waals surface area (Å²) in [4.78, 5) is 11.4. The van der Waals surface area contributed by atoms with Gasteiger partial charge in [-0.25, -0.2) is 13.5 Å². The zero-order valence-corrected chi connectivity index (χ0v) is 9.28. The second-order valence-corrected chi connectivity index (χ2v) is 3.93. The van der Waals surface area contributed by atoms with E-state index in [2.05, 4.69) is 5.10 Å². The second-order valence-electron chi connectivity index (χ2n) is 3.93. The van der Waals surface area contributed by atoms with E-state index in [-0.39, 0.29) is 12.2 Å². The minimum absolute atomic E-state index is 0.271. The highest BCUT2D eigenvalue weighted by atomic mass is 19.3. The lowest BCUT2D eigenvalue weighted by Crippen LogP contribution is -2.16. The molecule has 0 aliphatic heterocycles. The molecule has 2 aromatic rings. The van der Waals surface area contributed by atoms with Gasteiger partial charge in [0, 0.05) is 6.07 Å². The van der Waals surface area contributed by atoms with Crippen LogP contribution in [0, 0.1) is 6.92 Å². The van der Waals surface area contributed by atoms with E-state index in [1.54, 1.807) is 0 Å². The van der Waals surface area contributed by atoms with Crippen molar-refractivity contribution in [1.82, 2.24) is 9.78 Å². The first kappa shape index (κ1) is 11.6. The predicted octanol–water partition coefficient (Wildman–Crippen LogP) is 2.47. The number of halogens is 2. The SMILES string of the molecule is Cc1cccc(Cn2[nH]c(C(F)F)cc2=O)c1. The molecule has 17 heavy (non-hydrogen) atoms. The molecule has 90 valence electrons. The molecule has 0 saturated heterocycles. The summed E-state index contributed by atoms with van der Waals surface area (Å²) in [6.07, 6.45) is -2.65. The maximum absolute atomic E-state index is 12.4. The van der Waals surface area contributed by atoms with Gasteiger partial charge in [-0.2, -0.15) is 0 Å². The summed E-state index contributed by atoms with van der Waals surface area (Å²) >= 11 is 0. The molecule has 1 aromatic carbocycles. The maximum atomic E-state index is 12.4. The molecule has 0 fully saturated rings. The van der Waals surface area contributed by atoms with Crippen LogP contribution in [0.3, 0.4) is 0 Å². The molecular formula is C12H12F2N2O. The molecule has 0 saturated carbocycles. The molecule has 2 rings (SSSR count). The van der Waals surface area contributed by atoms with Crippen molar-refractivity contribution in [3.8, 4) is 0 Å². The topological polar surface area (TPSA) is 37.8 Å². The van der Waals surface area contributed by atoms with Crippen LogP contribution >= 0.6 is 0 Å². The van der Waals surface area contributed by atoms with E-state index in [0.717, 1.165) is 17.2 Å². The van der Waals surface area contributed by atoms with E-state index in [4.69, 9.17) is 0 Å². The summed E-state index contributed by atoms with van der Waals surface area (Å²) in [6.45, 7) is 2.21. The number of alkyl halides is 2.